The van der Waals surface area contributed by atoms with E-state index in [0.29, 0.717) is 12.0 Å². The Kier molecular flexibility index (Phi) is 4.46. The molecular formula is C24H31N5O. The molecule has 6 nitrogen and oxygen atoms in total. The molecule has 1 saturated carbocycles. The van der Waals surface area contributed by atoms with E-state index in [9.17, 15) is 0 Å². The Balaban J connectivity index is 1.30. The van der Waals surface area contributed by atoms with Crippen LogP contribution in [0.25, 0.3) is 22.2 Å². The molecule has 2 saturated heterocycles. The maximum Gasteiger partial charge on any atom is 0.103 e. The molecule has 0 spiro atoms. The van der Waals surface area contributed by atoms with Crippen molar-refractivity contribution < 1.29 is 4.74 Å². The molecule has 3 aliphatic rings. The molecule has 2 N–H and O–H groups in total. The van der Waals surface area contributed by atoms with Gasteiger partial charge in [0, 0.05) is 43.4 Å². The molecule has 2 aliphatic heterocycles. The smallest absolute Gasteiger partial charge is 0.103 e. The quantitative estimate of drug-likeness (QED) is 0.696. The highest BCUT2D eigenvalue weighted by atomic mass is 16.5. The molecule has 2 aromatic heterocycles. The second-order valence-electron chi connectivity index (χ2n) is 9.71. The van der Waals surface area contributed by atoms with E-state index in [4.69, 9.17) is 4.74 Å². The van der Waals surface area contributed by atoms with Gasteiger partial charge < -0.3 is 10.1 Å². The number of hydrogen-bond acceptors (Lipinski definition) is 4. The van der Waals surface area contributed by atoms with Crippen LogP contribution in [-0.2, 0) is 11.8 Å². The van der Waals surface area contributed by atoms with E-state index in [0.717, 1.165) is 47.7 Å². The van der Waals surface area contributed by atoms with Crippen molar-refractivity contribution in [2.24, 2.45) is 24.8 Å². The van der Waals surface area contributed by atoms with Crippen LogP contribution in [0.1, 0.15) is 42.7 Å². The fourth-order valence-electron chi connectivity index (χ4n) is 6.51. The highest BCUT2D eigenvalue weighted by Gasteiger charge is 2.46. The third-order valence-electron chi connectivity index (χ3n) is 7.97. The Morgan fingerprint density at radius 1 is 1.13 bits per heavy atom. The molecular weight excluding hydrogens is 374 g/mol. The maximum absolute atomic E-state index is 5.62. The second kappa shape index (κ2) is 7.20. The molecule has 30 heavy (non-hydrogen) atoms. The number of aromatic amines is 1. The van der Waals surface area contributed by atoms with Gasteiger partial charge in [-0.15, -0.1) is 0 Å². The fourth-order valence-corrected chi connectivity index (χ4v) is 6.51. The molecule has 3 aromatic rings. The van der Waals surface area contributed by atoms with Crippen molar-refractivity contribution in [2.45, 2.75) is 44.6 Å². The first-order valence-corrected chi connectivity index (χ1v) is 11.5. The molecule has 158 valence electrons. The largest absolute Gasteiger partial charge is 0.381 e. The summed E-state index contributed by atoms with van der Waals surface area (Å²) < 4.78 is 7.46. The molecule has 6 rings (SSSR count). The van der Waals surface area contributed by atoms with Crippen molar-refractivity contribution in [3.63, 3.8) is 0 Å². The Hall–Kier alpha value is -2.18. The molecule has 3 fully saturated rings. The summed E-state index contributed by atoms with van der Waals surface area (Å²) in [5.41, 5.74) is 6.12. The van der Waals surface area contributed by atoms with Crippen LogP contribution in [0.15, 0.2) is 24.5 Å². The molecule has 1 aromatic carbocycles. The standard InChI is InChI=1S/C24H31N5O/c1-14-7-22-21(24(28-27-22)18-12-26-29(2)13-18)10-19(14)16-8-17-11-25-23(20(17)9-16)15-3-5-30-6-4-15/h7,10,12-13,15-17,20,23,25H,3-6,8-9,11H2,1-2H3,(H,27,28)/t16-,17+,20-,23-/m0/s1. The SMILES string of the molecule is Cc1cc2[nH]nc(-c3cnn(C)c3)c2cc1[C@H]1C[C@@H]2CN[C@@H](C3CCOCC3)[C@H]2C1. The summed E-state index contributed by atoms with van der Waals surface area (Å²) in [6.07, 6.45) is 9.01. The lowest BCUT2D eigenvalue weighted by Crippen LogP contribution is -2.38. The van der Waals surface area contributed by atoms with Crippen LogP contribution in [0.2, 0.25) is 0 Å². The van der Waals surface area contributed by atoms with Crippen LogP contribution in [0.3, 0.4) is 0 Å². The normalized spacial score (nSPS) is 29.7. The van der Waals surface area contributed by atoms with Gasteiger partial charge in [0.1, 0.15) is 5.69 Å². The third kappa shape index (κ3) is 3.00. The summed E-state index contributed by atoms with van der Waals surface area (Å²) in [4.78, 5) is 0. The van der Waals surface area contributed by atoms with E-state index < -0.39 is 0 Å². The Bertz CT molecular complexity index is 1060. The first-order valence-electron chi connectivity index (χ1n) is 11.5. The number of H-pyrrole nitrogens is 1. The van der Waals surface area contributed by atoms with E-state index in [2.05, 4.69) is 39.7 Å². The predicted molar refractivity (Wildman–Crippen MR) is 117 cm³/mol. The van der Waals surface area contributed by atoms with Gasteiger partial charge in [0.2, 0.25) is 0 Å². The van der Waals surface area contributed by atoms with Crippen LogP contribution in [0, 0.1) is 24.7 Å². The Labute approximate surface area is 177 Å². The van der Waals surface area contributed by atoms with Crippen molar-refractivity contribution in [3.05, 3.63) is 35.7 Å². The molecule has 0 unspecified atom stereocenters. The zero-order chi connectivity index (χ0) is 20.2. The van der Waals surface area contributed by atoms with Gasteiger partial charge in [0.05, 0.1) is 11.7 Å². The number of aryl methyl sites for hydroxylation is 2. The van der Waals surface area contributed by atoms with Gasteiger partial charge in [-0.1, -0.05) is 0 Å². The van der Waals surface area contributed by atoms with E-state index in [1.165, 1.54) is 48.7 Å². The lowest BCUT2D eigenvalue weighted by Gasteiger charge is -2.31. The summed E-state index contributed by atoms with van der Waals surface area (Å²) in [6, 6.07) is 5.40. The van der Waals surface area contributed by atoms with E-state index in [-0.39, 0.29) is 0 Å². The summed E-state index contributed by atoms with van der Waals surface area (Å²) in [6.45, 7) is 5.34. The third-order valence-corrected chi connectivity index (χ3v) is 7.97. The number of aromatic nitrogens is 4. The molecule has 4 heterocycles. The first kappa shape index (κ1) is 18.6. The van der Waals surface area contributed by atoms with Gasteiger partial charge >= 0.3 is 0 Å². The number of nitrogens with zero attached hydrogens (tertiary/aromatic N) is 3. The molecule has 4 atom stereocenters. The average Bonchev–Trinajstić information content (AvgIpc) is 3.51. The lowest BCUT2D eigenvalue weighted by molar-refractivity contribution is 0.0496. The number of hydrogen-bond donors (Lipinski definition) is 2. The van der Waals surface area contributed by atoms with Crippen molar-refractivity contribution in [3.8, 4) is 11.3 Å². The van der Waals surface area contributed by atoms with Crippen molar-refractivity contribution in [1.82, 2.24) is 25.3 Å². The van der Waals surface area contributed by atoms with E-state index >= 15 is 0 Å². The van der Waals surface area contributed by atoms with Gasteiger partial charge in [0.25, 0.3) is 0 Å². The first-order chi connectivity index (χ1) is 14.7. The van der Waals surface area contributed by atoms with E-state index in [1.54, 1.807) is 0 Å². The minimum Gasteiger partial charge on any atom is -0.381 e. The van der Waals surface area contributed by atoms with Crippen molar-refractivity contribution >= 4 is 10.9 Å². The summed E-state index contributed by atoms with van der Waals surface area (Å²) in [5.74, 6) is 3.09. The number of fused-ring (bicyclic) bond motifs is 2. The number of benzene rings is 1. The minimum absolute atomic E-state index is 0.658. The average molecular weight is 406 g/mol. The zero-order valence-corrected chi connectivity index (χ0v) is 17.9. The van der Waals surface area contributed by atoms with Gasteiger partial charge in [-0.3, -0.25) is 9.78 Å². The zero-order valence-electron chi connectivity index (χ0n) is 17.9. The van der Waals surface area contributed by atoms with Crippen LogP contribution in [-0.4, -0.2) is 45.8 Å². The topological polar surface area (TPSA) is 67.8 Å². The van der Waals surface area contributed by atoms with E-state index in [1.807, 2.05) is 24.1 Å². The molecule has 0 amide bonds. The second-order valence-corrected chi connectivity index (χ2v) is 9.71. The highest BCUT2D eigenvalue weighted by molar-refractivity contribution is 5.93. The predicted octanol–water partition coefficient (Wildman–Crippen LogP) is 3.78. The van der Waals surface area contributed by atoms with Gasteiger partial charge in [-0.05, 0) is 86.1 Å². The number of rotatable bonds is 3. The monoisotopic (exact) mass is 405 g/mol. The van der Waals surface area contributed by atoms with Gasteiger partial charge in [0.15, 0.2) is 0 Å². The lowest BCUT2D eigenvalue weighted by atomic mass is 9.81. The maximum atomic E-state index is 5.62. The number of ether oxygens (including phenoxy) is 1. The van der Waals surface area contributed by atoms with Gasteiger partial charge in [-0.2, -0.15) is 10.2 Å². The molecule has 6 heteroatoms. The number of nitrogens with one attached hydrogen (secondary N) is 2. The van der Waals surface area contributed by atoms with Crippen molar-refractivity contribution in [2.75, 3.05) is 19.8 Å². The summed E-state index contributed by atoms with van der Waals surface area (Å²) in [7, 11) is 1.95. The Morgan fingerprint density at radius 2 is 2.00 bits per heavy atom. The van der Waals surface area contributed by atoms with Crippen molar-refractivity contribution in [1.29, 1.82) is 0 Å². The van der Waals surface area contributed by atoms with Crippen LogP contribution in [0.5, 0.6) is 0 Å². The minimum atomic E-state index is 0.658. The molecule has 0 radical (unpaired) electrons. The molecule has 1 aliphatic carbocycles. The Morgan fingerprint density at radius 3 is 2.80 bits per heavy atom. The van der Waals surface area contributed by atoms with Crippen LogP contribution in [0.4, 0.5) is 0 Å². The fraction of sp³-hybridized carbons (Fsp3) is 0.583. The van der Waals surface area contributed by atoms with Crippen LogP contribution >= 0.6 is 0 Å². The van der Waals surface area contributed by atoms with Gasteiger partial charge in [-0.25, -0.2) is 0 Å². The van der Waals surface area contributed by atoms with Crippen LogP contribution < -0.4 is 5.32 Å². The molecule has 0 bridgehead atoms. The summed E-state index contributed by atoms with van der Waals surface area (Å²) in [5, 5.41) is 17.3. The summed E-state index contributed by atoms with van der Waals surface area (Å²) >= 11 is 0. The highest BCUT2D eigenvalue weighted by Crippen LogP contribution is 2.49.